The summed E-state index contributed by atoms with van der Waals surface area (Å²) in [4.78, 5) is 16.4. The fraction of sp³-hybridized carbons (Fsp3) is 0.250. The van der Waals surface area contributed by atoms with Crippen LogP contribution < -0.4 is 9.47 Å². The second-order valence-corrected chi connectivity index (χ2v) is 19.9. The van der Waals surface area contributed by atoms with Crippen LogP contribution in [0, 0.1) is 0 Å². The predicted octanol–water partition coefficient (Wildman–Crippen LogP) is 15.2. The highest BCUT2D eigenvalue weighted by atomic mass is 16.5. The van der Waals surface area contributed by atoms with Crippen LogP contribution in [0.4, 0.5) is 0 Å². The number of allylic oxidation sites excluding steroid dienone is 2. The molecule has 0 unspecified atom stereocenters. The number of rotatable bonds is 22. The van der Waals surface area contributed by atoms with Gasteiger partial charge in [-0.1, -0.05) is 135 Å². The normalized spacial score (nSPS) is 12.8. The zero-order valence-electron chi connectivity index (χ0n) is 45.1. The quantitative estimate of drug-likeness (QED) is 0.0500. The molecule has 75 heavy (non-hydrogen) atoms. The van der Waals surface area contributed by atoms with Gasteiger partial charge < -0.3 is 28.4 Å². The first-order chi connectivity index (χ1) is 36.6. The van der Waals surface area contributed by atoms with Gasteiger partial charge in [0, 0.05) is 71.9 Å². The molecule has 9 rings (SSSR count). The van der Waals surface area contributed by atoms with Gasteiger partial charge in [0.2, 0.25) is 0 Å². The Kier molecular flexibility index (Phi) is 16.8. The zero-order valence-corrected chi connectivity index (χ0v) is 45.1. The third kappa shape index (κ3) is 11.5. The fourth-order valence-corrected chi connectivity index (χ4v) is 10.7. The van der Waals surface area contributed by atoms with E-state index in [1.807, 2.05) is 12.1 Å². The Labute approximate surface area is 445 Å². The lowest BCUT2D eigenvalue weighted by Gasteiger charge is -2.20. The van der Waals surface area contributed by atoms with E-state index in [2.05, 4.69) is 245 Å². The van der Waals surface area contributed by atoms with Crippen molar-refractivity contribution >= 4 is 50.4 Å². The van der Waals surface area contributed by atoms with E-state index in [1.165, 1.54) is 77.5 Å². The highest BCUT2D eigenvalue weighted by Crippen LogP contribution is 2.45. The molecule has 7 aromatic carbocycles. The second-order valence-electron chi connectivity index (χ2n) is 19.9. The third-order valence-corrected chi connectivity index (χ3v) is 14.6. The minimum atomic E-state index is -0.160. The Bertz CT molecular complexity index is 3210. The van der Waals surface area contributed by atoms with Gasteiger partial charge in [0.25, 0.3) is 0 Å². The van der Waals surface area contributed by atoms with E-state index in [-0.39, 0.29) is 5.92 Å². The van der Waals surface area contributed by atoms with E-state index in [4.69, 9.17) is 9.47 Å². The van der Waals surface area contributed by atoms with Crippen LogP contribution >= 0.6 is 0 Å². The molecule has 0 bridgehead atoms. The third-order valence-electron chi connectivity index (χ3n) is 14.6. The van der Waals surface area contributed by atoms with Gasteiger partial charge in [-0.15, -0.1) is 0 Å². The predicted molar refractivity (Wildman–Crippen MR) is 314 cm³/mol. The highest BCUT2D eigenvalue weighted by molar-refractivity contribution is 6.03. The van der Waals surface area contributed by atoms with Crippen LogP contribution in [0.15, 0.2) is 182 Å². The van der Waals surface area contributed by atoms with Crippen molar-refractivity contribution in [3.63, 3.8) is 0 Å². The van der Waals surface area contributed by atoms with Gasteiger partial charge in [-0.25, -0.2) is 0 Å². The lowest BCUT2D eigenvalue weighted by molar-refractivity contribution is 0.112. The lowest BCUT2D eigenvalue weighted by Crippen LogP contribution is -2.19. The van der Waals surface area contributed by atoms with Crippen LogP contribution in [0.2, 0.25) is 0 Å². The molecule has 2 heterocycles. The minimum absolute atomic E-state index is 0.160. The number of aryl methyl sites for hydroxylation is 2. The molecule has 0 amide bonds. The van der Waals surface area contributed by atoms with E-state index in [0.717, 1.165) is 73.5 Å². The maximum atomic E-state index is 12.2. The molecular formula is C68H72N4O3. The molecule has 0 aliphatic rings. The first-order valence-electron chi connectivity index (χ1n) is 26.8. The van der Waals surface area contributed by atoms with E-state index in [0.29, 0.717) is 18.8 Å². The fourth-order valence-electron chi connectivity index (χ4n) is 10.7. The summed E-state index contributed by atoms with van der Waals surface area (Å²) in [5.74, 6) is 1.58. The largest absolute Gasteiger partial charge is 0.492 e. The van der Waals surface area contributed by atoms with Gasteiger partial charge in [-0.05, 0) is 176 Å². The topological polar surface area (TPSA) is 51.9 Å². The van der Waals surface area contributed by atoms with Gasteiger partial charge in [0.15, 0.2) is 0 Å². The number of ether oxygens (including phenoxy) is 2. The smallest absolute Gasteiger partial charge is 0.150 e. The van der Waals surface area contributed by atoms with Crippen LogP contribution in [-0.4, -0.2) is 79.7 Å². The number of carbonyl (C=O) groups excluding carboxylic acids is 1. The Morgan fingerprint density at radius 3 is 1.23 bits per heavy atom. The SMILES string of the molecule is CC/C(=C(/c1ccccc1)c1ccc(OCCN(C)C)cc1)c1ccc2c(c1)c(C(c1ccc(C=O)cc1)c1cn(CC)c3ccc(/C(CC)=C(\c4ccccc4)c4ccc(OCCN(C)C)cc4)cc13)cn2CC. The van der Waals surface area contributed by atoms with E-state index < -0.39 is 0 Å². The number of hydrogen-bond acceptors (Lipinski definition) is 5. The summed E-state index contributed by atoms with van der Waals surface area (Å²) in [5.41, 5.74) is 18.7. The maximum absolute atomic E-state index is 12.2. The molecule has 9 aromatic rings. The molecule has 0 spiro atoms. The highest BCUT2D eigenvalue weighted by Gasteiger charge is 2.27. The summed E-state index contributed by atoms with van der Waals surface area (Å²) in [7, 11) is 8.26. The minimum Gasteiger partial charge on any atom is -0.492 e. The summed E-state index contributed by atoms with van der Waals surface area (Å²) < 4.78 is 17.1. The van der Waals surface area contributed by atoms with Crippen LogP contribution in [0.1, 0.15) is 107 Å². The number of hydrogen-bond donors (Lipinski definition) is 0. The second kappa shape index (κ2) is 24.1. The molecule has 0 atom stereocenters. The van der Waals surface area contributed by atoms with Crippen molar-refractivity contribution in [3.05, 3.63) is 238 Å². The molecule has 7 nitrogen and oxygen atoms in total. The number of carbonyl (C=O) groups is 1. The molecule has 0 aliphatic heterocycles. The summed E-state index contributed by atoms with van der Waals surface area (Å²) in [6, 6.07) is 61.2. The van der Waals surface area contributed by atoms with Crippen molar-refractivity contribution in [1.29, 1.82) is 0 Å². The van der Waals surface area contributed by atoms with Crippen molar-refractivity contribution < 1.29 is 14.3 Å². The molecule has 382 valence electrons. The van der Waals surface area contributed by atoms with Crippen molar-refractivity contribution in [3.8, 4) is 11.5 Å². The molecule has 0 saturated carbocycles. The average molecular weight is 993 g/mol. The van der Waals surface area contributed by atoms with Crippen LogP contribution in [-0.2, 0) is 13.1 Å². The Balaban J connectivity index is 1.24. The maximum Gasteiger partial charge on any atom is 0.150 e. The number of benzene rings is 7. The number of aldehydes is 1. The first kappa shape index (κ1) is 52.2. The summed E-state index contributed by atoms with van der Waals surface area (Å²) >= 11 is 0. The standard InChI is InChI=1S/C68H72N4O3/c1-9-58(66(49-19-15-13-16-20-49)51-27-33-56(34-28-51)74-41-39-69(5)6)54-31-37-64-60(43-54)62(45-71(64)11-3)68(53-25-23-48(47-73)24-26-53)63-46-72(12-4)65-38-32-55(44-61(63)65)59(10-2)67(50-21-17-14-18-22-50)52-29-35-57(36-30-52)75-42-40-70(7)8/h13-38,43-47,68H,9-12,39-42H2,1-8H3/b66-58+,67-59+. The summed E-state index contributed by atoms with van der Waals surface area (Å²) in [6.45, 7) is 13.6. The van der Waals surface area contributed by atoms with Crippen molar-refractivity contribution in [2.75, 3.05) is 54.5 Å². The van der Waals surface area contributed by atoms with Crippen molar-refractivity contribution in [2.24, 2.45) is 0 Å². The van der Waals surface area contributed by atoms with E-state index in [1.54, 1.807) is 0 Å². The average Bonchev–Trinajstić information content (AvgIpc) is 4.01. The van der Waals surface area contributed by atoms with Crippen LogP contribution in [0.3, 0.4) is 0 Å². The molecule has 0 aliphatic carbocycles. The van der Waals surface area contributed by atoms with Gasteiger partial charge in [0.05, 0.1) is 0 Å². The summed E-state index contributed by atoms with van der Waals surface area (Å²) in [5, 5.41) is 2.43. The lowest BCUT2D eigenvalue weighted by atomic mass is 9.82. The Morgan fingerprint density at radius 1 is 0.480 bits per heavy atom. The summed E-state index contributed by atoms with van der Waals surface area (Å²) in [6.07, 6.45) is 7.36. The molecular weight excluding hydrogens is 921 g/mol. The molecule has 0 saturated heterocycles. The number of likely N-dealkylation sites (N-methyl/N-ethyl adjacent to an activating group) is 2. The van der Waals surface area contributed by atoms with Gasteiger partial charge >= 0.3 is 0 Å². The number of fused-ring (bicyclic) bond motifs is 2. The molecule has 0 N–H and O–H groups in total. The van der Waals surface area contributed by atoms with Crippen molar-refractivity contribution in [1.82, 2.24) is 18.9 Å². The van der Waals surface area contributed by atoms with Crippen LogP contribution in [0.25, 0.3) is 44.1 Å². The molecule has 0 radical (unpaired) electrons. The molecule has 2 aromatic heterocycles. The Hall–Kier alpha value is -7.71. The number of aromatic nitrogens is 2. The Morgan fingerprint density at radius 2 is 0.867 bits per heavy atom. The van der Waals surface area contributed by atoms with E-state index >= 15 is 0 Å². The number of nitrogens with zero attached hydrogens (tertiary/aromatic N) is 4. The van der Waals surface area contributed by atoms with Crippen LogP contribution in [0.5, 0.6) is 11.5 Å². The van der Waals surface area contributed by atoms with Gasteiger partial charge in [-0.3, -0.25) is 4.79 Å². The van der Waals surface area contributed by atoms with Crippen molar-refractivity contribution in [2.45, 2.75) is 59.5 Å². The van der Waals surface area contributed by atoms with Gasteiger partial charge in [0.1, 0.15) is 31.0 Å². The molecule has 7 heteroatoms. The van der Waals surface area contributed by atoms with E-state index in [9.17, 15) is 4.79 Å². The molecule has 0 fully saturated rings. The first-order valence-corrected chi connectivity index (χ1v) is 26.8. The monoisotopic (exact) mass is 993 g/mol. The van der Waals surface area contributed by atoms with Gasteiger partial charge in [-0.2, -0.15) is 0 Å². The zero-order chi connectivity index (χ0) is 52.4.